The molecule has 0 saturated carbocycles. The quantitative estimate of drug-likeness (QED) is 0.394. The fourth-order valence-corrected chi connectivity index (χ4v) is 3.77. The lowest BCUT2D eigenvalue weighted by Gasteiger charge is -2.23. The summed E-state index contributed by atoms with van der Waals surface area (Å²) in [6.45, 7) is 16.9. The number of hydrogen-bond acceptors (Lipinski definition) is 5. The summed E-state index contributed by atoms with van der Waals surface area (Å²) in [5.74, 6) is 0.955. The predicted octanol–water partition coefficient (Wildman–Crippen LogP) is 1.58. The van der Waals surface area contributed by atoms with E-state index in [1.807, 2.05) is 20.8 Å². The van der Waals surface area contributed by atoms with Crippen LogP contribution in [0.2, 0.25) is 0 Å². The molecule has 0 aromatic rings. The Kier molecular flexibility index (Phi) is 9.49. The van der Waals surface area contributed by atoms with Gasteiger partial charge in [0.2, 0.25) is 0 Å². The number of amides is 1. The second-order valence-electron chi connectivity index (χ2n) is 9.17. The zero-order valence-electron chi connectivity index (χ0n) is 19.2. The molecule has 2 rings (SSSR count). The standard InChI is InChI=1S/C21H42N6O2/c1-6-22-19(23-10-7-12-26-13-8-11-25(5)15-16-26)27-14-9-18(17-27)24-20(28)29-21(2,3)4/h18H,6-17H2,1-5H3,(H,22,23)(H,24,28). The number of likely N-dealkylation sites (tertiary alicyclic amines) is 1. The molecule has 2 aliphatic rings. The smallest absolute Gasteiger partial charge is 0.407 e. The molecule has 1 amide bonds. The lowest BCUT2D eigenvalue weighted by Crippen LogP contribution is -2.44. The first-order valence-electron chi connectivity index (χ1n) is 11.2. The second kappa shape index (κ2) is 11.6. The van der Waals surface area contributed by atoms with Crippen LogP contribution in [-0.4, -0.2) is 104 Å². The van der Waals surface area contributed by atoms with Crippen molar-refractivity contribution in [1.82, 2.24) is 25.3 Å². The molecule has 0 spiro atoms. The van der Waals surface area contributed by atoms with Gasteiger partial charge in [0, 0.05) is 39.3 Å². The van der Waals surface area contributed by atoms with Crippen molar-refractivity contribution in [2.24, 2.45) is 4.99 Å². The minimum atomic E-state index is -0.471. The zero-order chi connectivity index (χ0) is 21.3. The SMILES string of the molecule is CCNC(=NCCCN1CCCN(C)CC1)N1CCC(NC(=O)OC(C)(C)C)C1. The Morgan fingerprint density at radius 3 is 2.69 bits per heavy atom. The number of carbonyl (C=O) groups excluding carboxylic acids is 1. The van der Waals surface area contributed by atoms with E-state index in [1.54, 1.807) is 0 Å². The van der Waals surface area contributed by atoms with E-state index < -0.39 is 5.60 Å². The summed E-state index contributed by atoms with van der Waals surface area (Å²) in [6, 6.07) is 0.0998. The normalized spacial score (nSPS) is 22.4. The maximum atomic E-state index is 12.0. The molecule has 0 bridgehead atoms. The van der Waals surface area contributed by atoms with Crippen molar-refractivity contribution < 1.29 is 9.53 Å². The van der Waals surface area contributed by atoms with Crippen LogP contribution < -0.4 is 10.6 Å². The monoisotopic (exact) mass is 410 g/mol. The molecule has 2 aliphatic heterocycles. The van der Waals surface area contributed by atoms with Gasteiger partial charge < -0.3 is 30.1 Å². The molecule has 1 atom stereocenters. The molecule has 8 nitrogen and oxygen atoms in total. The van der Waals surface area contributed by atoms with E-state index >= 15 is 0 Å². The number of carbonyl (C=O) groups is 1. The lowest BCUT2D eigenvalue weighted by atomic mass is 10.2. The van der Waals surface area contributed by atoms with Gasteiger partial charge in [0.1, 0.15) is 5.60 Å². The largest absolute Gasteiger partial charge is 0.444 e. The highest BCUT2D eigenvalue weighted by Gasteiger charge is 2.27. The number of likely N-dealkylation sites (N-methyl/N-ethyl adjacent to an activating group) is 1. The Morgan fingerprint density at radius 1 is 1.17 bits per heavy atom. The van der Waals surface area contributed by atoms with Crippen molar-refractivity contribution in [1.29, 1.82) is 0 Å². The Hall–Kier alpha value is -1.54. The van der Waals surface area contributed by atoms with Crippen molar-refractivity contribution >= 4 is 12.1 Å². The third-order valence-corrected chi connectivity index (χ3v) is 5.25. The molecular weight excluding hydrogens is 368 g/mol. The highest BCUT2D eigenvalue weighted by molar-refractivity contribution is 5.80. The summed E-state index contributed by atoms with van der Waals surface area (Å²) in [7, 11) is 2.21. The Labute approximate surface area is 177 Å². The van der Waals surface area contributed by atoms with Crippen molar-refractivity contribution in [3.8, 4) is 0 Å². The van der Waals surface area contributed by atoms with Crippen LogP contribution in [0.4, 0.5) is 4.79 Å². The van der Waals surface area contributed by atoms with Crippen molar-refractivity contribution in [2.45, 2.75) is 58.6 Å². The number of ether oxygens (including phenoxy) is 1. The Bertz CT molecular complexity index is 534. The molecule has 0 aromatic heterocycles. The number of nitrogens with zero attached hydrogens (tertiary/aromatic N) is 4. The van der Waals surface area contributed by atoms with Crippen LogP contribution in [0.25, 0.3) is 0 Å². The summed E-state index contributed by atoms with van der Waals surface area (Å²) in [4.78, 5) is 24.1. The molecule has 29 heavy (non-hydrogen) atoms. The van der Waals surface area contributed by atoms with Gasteiger partial charge >= 0.3 is 6.09 Å². The lowest BCUT2D eigenvalue weighted by molar-refractivity contribution is 0.0507. The molecule has 2 saturated heterocycles. The number of nitrogens with one attached hydrogen (secondary N) is 2. The van der Waals surface area contributed by atoms with Gasteiger partial charge in [-0.15, -0.1) is 0 Å². The number of alkyl carbamates (subject to hydrolysis) is 1. The van der Waals surface area contributed by atoms with E-state index in [0.717, 1.165) is 64.6 Å². The number of hydrogen-bond donors (Lipinski definition) is 2. The van der Waals surface area contributed by atoms with E-state index in [9.17, 15) is 4.79 Å². The van der Waals surface area contributed by atoms with Crippen molar-refractivity contribution in [3.05, 3.63) is 0 Å². The highest BCUT2D eigenvalue weighted by atomic mass is 16.6. The van der Waals surface area contributed by atoms with E-state index in [4.69, 9.17) is 9.73 Å². The summed E-state index contributed by atoms with van der Waals surface area (Å²) in [5, 5.41) is 6.39. The molecule has 2 fully saturated rings. The first kappa shape index (κ1) is 23.7. The predicted molar refractivity (Wildman–Crippen MR) is 118 cm³/mol. The molecule has 2 N–H and O–H groups in total. The fraction of sp³-hybridized carbons (Fsp3) is 0.905. The molecular formula is C21H42N6O2. The Balaban J connectivity index is 1.76. The molecule has 0 aliphatic carbocycles. The van der Waals surface area contributed by atoms with Crippen LogP contribution in [0.5, 0.6) is 0 Å². The van der Waals surface area contributed by atoms with Gasteiger partial charge in [-0.05, 0) is 73.6 Å². The van der Waals surface area contributed by atoms with Gasteiger partial charge in [-0.1, -0.05) is 0 Å². The Morgan fingerprint density at radius 2 is 1.97 bits per heavy atom. The summed E-state index contributed by atoms with van der Waals surface area (Å²) < 4.78 is 5.37. The van der Waals surface area contributed by atoms with Crippen molar-refractivity contribution in [3.63, 3.8) is 0 Å². The van der Waals surface area contributed by atoms with E-state index in [1.165, 1.54) is 19.5 Å². The molecule has 1 unspecified atom stereocenters. The third kappa shape index (κ3) is 9.21. The molecule has 8 heteroatoms. The van der Waals surface area contributed by atoms with Crippen LogP contribution in [0.3, 0.4) is 0 Å². The summed E-state index contributed by atoms with van der Waals surface area (Å²) in [6.07, 6.45) is 2.90. The molecule has 0 aromatic carbocycles. The van der Waals surface area contributed by atoms with E-state index in [0.29, 0.717) is 0 Å². The van der Waals surface area contributed by atoms with Crippen molar-refractivity contribution in [2.75, 3.05) is 66.0 Å². The maximum Gasteiger partial charge on any atom is 0.407 e. The first-order chi connectivity index (χ1) is 13.8. The van der Waals surface area contributed by atoms with Gasteiger partial charge in [-0.25, -0.2) is 4.79 Å². The van der Waals surface area contributed by atoms with Gasteiger partial charge in [0.05, 0.1) is 6.04 Å². The maximum absolute atomic E-state index is 12.0. The van der Waals surface area contributed by atoms with Crippen LogP contribution >= 0.6 is 0 Å². The summed E-state index contributed by atoms with van der Waals surface area (Å²) >= 11 is 0. The topological polar surface area (TPSA) is 72.4 Å². The molecule has 168 valence electrons. The second-order valence-corrected chi connectivity index (χ2v) is 9.17. The molecule has 0 radical (unpaired) electrons. The number of rotatable bonds is 6. The zero-order valence-corrected chi connectivity index (χ0v) is 19.2. The van der Waals surface area contributed by atoms with E-state index in [-0.39, 0.29) is 12.1 Å². The van der Waals surface area contributed by atoms with Gasteiger partial charge in [-0.3, -0.25) is 4.99 Å². The average molecular weight is 411 g/mol. The van der Waals surface area contributed by atoms with E-state index in [2.05, 4.69) is 39.3 Å². The van der Waals surface area contributed by atoms with Gasteiger partial charge in [-0.2, -0.15) is 0 Å². The van der Waals surface area contributed by atoms with Gasteiger partial charge in [0.25, 0.3) is 0 Å². The average Bonchev–Trinajstić information content (AvgIpc) is 2.97. The first-order valence-corrected chi connectivity index (χ1v) is 11.2. The highest BCUT2D eigenvalue weighted by Crippen LogP contribution is 2.12. The third-order valence-electron chi connectivity index (χ3n) is 5.25. The molecule has 2 heterocycles. The minimum Gasteiger partial charge on any atom is -0.444 e. The van der Waals surface area contributed by atoms with Crippen LogP contribution in [0.1, 0.15) is 47.0 Å². The number of aliphatic imine (C=N–C) groups is 1. The fourth-order valence-electron chi connectivity index (χ4n) is 3.77. The van der Waals surface area contributed by atoms with Crippen LogP contribution in [-0.2, 0) is 4.74 Å². The summed E-state index contributed by atoms with van der Waals surface area (Å²) in [5.41, 5.74) is -0.471. The number of guanidine groups is 1. The van der Waals surface area contributed by atoms with Crippen LogP contribution in [0, 0.1) is 0 Å². The minimum absolute atomic E-state index is 0.0998. The van der Waals surface area contributed by atoms with Gasteiger partial charge in [0.15, 0.2) is 5.96 Å². The van der Waals surface area contributed by atoms with Crippen LogP contribution in [0.15, 0.2) is 4.99 Å².